The minimum Gasteiger partial charge on any atom is -0.245 e. The SMILES string of the molecule is CC(=NNc1nc(C)cc(C)n1)C(C)=NNc1nc(C)cc(C)n1. The Kier molecular flexibility index (Phi) is 5.51. The van der Waals surface area contributed by atoms with Gasteiger partial charge in [-0.15, -0.1) is 0 Å². The first kappa shape index (κ1) is 17.5. The van der Waals surface area contributed by atoms with Gasteiger partial charge in [0.05, 0.1) is 11.4 Å². The Morgan fingerprint density at radius 2 is 0.958 bits per heavy atom. The van der Waals surface area contributed by atoms with Gasteiger partial charge >= 0.3 is 0 Å². The monoisotopic (exact) mass is 326 g/mol. The molecule has 0 aliphatic heterocycles. The molecule has 2 aromatic heterocycles. The summed E-state index contributed by atoms with van der Waals surface area (Å²) < 4.78 is 0. The van der Waals surface area contributed by atoms with Crippen LogP contribution < -0.4 is 10.9 Å². The van der Waals surface area contributed by atoms with E-state index in [1.165, 1.54) is 0 Å². The lowest BCUT2D eigenvalue weighted by Crippen LogP contribution is -2.12. The molecule has 0 saturated heterocycles. The summed E-state index contributed by atoms with van der Waals surface area (Å²) in [6, 6.07) is 3.81. The number of nitrogens with zero attached hydrogens (tertiary/aromatic N) is 6. The zero-order valence-electron chi connectivity index (χ0n) is 14.8. The highest BCUT2D eigenvalue weighted by molar-refractivity contribution is 6.40. The molecule has 0 saturated carbocycles. The lowest BCUT2D eigenvalue weighted by atomic mass is 10.3. The summed E-state index contributed by atoms with van der Waals surface area (Å²) >= 11 is 0. The molecule has 0 aliphatic rings. The molecule has 126 valence electrons. The third-order valence-electron chi connectivity index (χ3n) is 3.14. The molecule has 0 unspecified atom stereocenters. The van der Waals surface area contributed by atoms with Crippen LogP contribution in [0.2, 0.25) is 0 Å². The molecule has 0 aliphatic carbocycles. The van der Waals surface area contributed by atoms with Crippen molar-refractivity contribution in [3.63, 3.8) is 0 Å². The summed E-state index contributed by atoms with van der Waals surface area (Å²) in [5.41, 5.74) is 10.6. The summed E-state index contributed by atoms with van der Waals surface area (Å²) in [4.78, 5) is 17.1. The first-order valence-corrected chi connectivity index (χ1v) is 7.59. The number of hydrogen-bond acceptors (Lipinski definition) is 8. The maximum Gasteiger partial charge on any atom is 0.243 e. The van der Waals surface area contributed by atoms with E-state index in [1.807, 2.05) is 53.7 Å². The van der Waals surface area contributed by atoms with E-state index in [0.717, 1.165) is 22.8 Å². The van der Waals surface area contributed by atoms with Gasteiger partial charge in [-0.2, -0.15) is 10.2 Å². The van der Waals surface area contributed by atoms with Crippen molar-refractivity contribution < 1.29 is 0 Å². The summed E-state index contributed by atoms with van der Waals surface area (Å²) in [6.45, 7) is 11.3. The second-order valence-electron chi connectivity index (χ2n) is 5.57. The average Bonchev–Trinajstić information content (AvgIpc) is 2.48. The van der Waals surface area contributed by atoms with Crippen LogP contribution in [-0.4, -0.2) is 31.4 Å². The number of anilines is 2. The van der Waals surface area contributed by atoms with E-state index in [2.05, 4.69) is 41.0 Å². The van der Waals surface area contributed by atoms with Crippen molar-refractivity contribution >= 4 is 23.3 Å². The van der Waals surface area contributed by atoms with Crippen LogP contribution in [0.1, 0.15) is 36.6 Å². The molecule has 0 bridgehead atoms. The van der Waals surface area contributed by atoms with E-state index in [-0.39, 0.29) is 0 Å². The van der Waals surface area contributed by atoms with Crippen LogP contribution >= 0.6 is 0 Å². The molecule has 2 N–H and O–H groups in total. The van der Waals surface area contributed by atoms with Crippen molar-refractivity contribution in [1.82, 2.24) is 19.9 Å². The number of rotatable bonds is 5. The number of hydrazone groups is 2. The molecule has 0 fully saturated rings. The summed E-state index contributed by atoms with van der Waals surface area (Å²) in [5.74, 6) is 0.926. The van der Waals surface area contributed by atoms with Crippen molar-refractivity contribution in [2.24, 2.45) is 10.2 Å². The minimum absolute atomic E-state index is 0.463. The fourth-order valence-corrected chi connectivity index (χ4v) is 1.98. The van der Waals surface area contributed by atoms with Crippen LogP contribution in [-0.2, 0) is 0 Å². The van der Waals surface area contributed by atoms with E-state index in [4.69, 9.17) is 0 Å². The maximum absolute atomic E-state index is 4.27. The summed E-state index contributed by atoms with van der Waals surface area (Å²) in [6.07, 6.45) is 0. The summed E-state index contributed by atoms with van der Waals surface area (Å²) in [5, 5.41) is 8.51. The fourth-order valence-electron chi connectivity index (χ4n) is 1.98. The molecule has 8 nitrogen and oxygen atoms in total. The zero-order chi connectivity index (χ0) is 17.7. The van der Waals surface area contributed by atoms with Crippen molar-refractivity contribution in [2.75, 3.05) is 10.9 Å². The lowest BCUT2D eigenvalue weighted by molar-refractivity contribution is 1.03. The Bertz CT molecular complexity index is 687. The molecule has 0 spiro atoms. The predicted octanol–water partition coefficient (Wildman–Crippen LogP) is 2.78. The van der Waals surface area contributed by atoms with Crippen LogP contribution in [0.5, 0.6) is 0 Å². The average molecular weight is 326 g/mol. The molecule has 2 rings (SSSR count). The van der Waals surface area contributed by atoms with Gasteiger partial charge in [0, 0.05) is 22.8 Å². The number of hydrogen-bond donors (Lipinski definition) is 2. The highest BCUT2D eigenvalue weighted by Crippen LogP contribution is 2.05. The predicted molar refractivity (Wildman–Crippen MR) is 96.5 cm³/mol. The molecule has 0 atom stereocenters. The molecule has 2 aromatic rings. The van der Waals surface area contributed by atoms with Crippen LogP contribution in [0.15, 0.2) is 22.3 Å². The van der Waals surface area contributed by atoms with Crippen LogP contribution in [0, 0.1) is 27.7 Å². The molecular weight excluding hydrogens is 304 g/mol. The van der Waals surface area contributed by atoms with E-state index in [0.29, 0.717) is 23.3 Å². The second-order valence-corrected chi connectivity index (χ2v) is 5.57. The van der Waals surface area contributed by atoms with E-state index < -0.39 is 0 Å². The van der Waals surface area contributed by atoms with Crippen LogP contribution in [0.3, 0.4) is 0 Å². The van der Waals surface area contributed by atoms with Crippen molar-refractivity contribution in [1.29, 1.82) is 0 Å². The quantitative estimate of drug-likeness (QED) is 0.647. The Morgan fingerprint density at radius 3 is 1.25 bits per heavy atom. The Balaban J connectivity index is 2.05. The van der Waals surface area contributed by atoms with E-state index in [9.17, 15) is 0 Å². The van der Waals surface area contributed by atoms with Crippen LogP contribution in [0.4, 0.5) is 11.9 Å². The van der Waals surface area contributed by atoms with Gasteiger partial charge in [0.15, 0.2) is 0 Å². The Labute approximate surface area is 141 Å². The van der Waals surface area contributed by atoms with Crippen molar-refractivity contribution in [3.05, 3.63) is 34.9 Å². The topological polar surface area (TPSA) is 100 Å². The van der Waals surface area contributed by atoms with Gasteiger partial charge in [-0.1, -0.05) is 0 Å². The second kappa shape index (κ2) is 7.58. The fraction of sp³-hybridized carbons (Fsp3) is 0.375. The Morgan fingerprint density at radius 1 is 0.667 bits per heavy atom. The smallest absolute Gasteiger partial charge is 0.243 e. The zero-order valence-corrected chi connectivity index (χ0v) is 14.8. The molecule has 24 heavy (non-hydrogen) atoms. The third-order valence-corrected chi connectivity index (χ3v) is 3.14. The third kappa shape index (κ3) is 5.08. The highest BCUT2D eigenvalue weighted by Gasteiger charge is 2.02. The van der Waals surface area contributed by atoms with Gasteiger partial charge in [0.1, 0.15) is 0 Å². The lowest BCUT2D eigenvalue weighted by Gasteiger charge is -2.05. The first-order chi connectivity index (χ1) is 11.3. The van der Waals surface area contributed by atoms with Crippen molar-refractivity contribution in [2.45, 2.75) is 41.5 Å². The molecule has 2 heterocycles. The first-order valence-electron chi connectivity index (χ1n) is 7.59. The molecule has 8 heteroatoms. The number of nitrogens with one attached hydrogen (secondary N) is 2. The molecule has 0 radical (unpaired) electrons. The standard InChI is InChI=1S/C16H22N8/c1-9-7-10(2)18-15(17-9)23-21-13(5)14(6)22-24-16-19-11(3)8-12(4)20-16/h7-8H,1-6H3,(H,17,18,23)(H,19,20,24). The van der Waals surface area contributed by atoms with Gasteiger partial charge in [-0.05, 0) is 53.7 Å². The molecule has 0 amide bonds. The summed E-state index contributed by atoms with van der Waals surface area (Å²) in [7, 11) is 0. The molecular formula is C16H22N8. The van der Waals surface area contributed by atoms with Gasteiger partial charge in [-0.25, -0.2) is 30.8 Å². The largest absolute Gasteiger partial charge is 0.245 e. The van der Waals surface area contributed by atoms with E-state index >= 15 is 0 Å². The normalized spacial score (nSPS) is 12.2. The van der Waals surface area contributed by atoms with Gasteiger partial charge < -0.3 is 0 Å². The highest BCUT2D eigenvalue weighted by atomic mass is 15.4. The van der Waals surface area contributed by atoms with Gasteiger partial charge in [0.25, 0.3) is 0 Å². The molecule has 0 aromatic carbocycles. The van der Waals surface area contributed by atoms with Crippen molar-refractivity contribution in [3.8, 4) is 0 Å². The van der Waals surface area contributed by atoms with E-state index in [1.54, 1.807) is 0 Å². The maximum atomic E-state index is 4.27. The van der Waals surface area contributed by atoms with Gasteiger partial charge in [-0.3, -0.25) is 0 Å². The van der Waals surface area contributed by atoms with Gasteiger partial charge in [0.2, 0.25) is 11.9 Å². The van der Waals surface area contributed by atoms with Crippen LogP contribution in [0.25, 0.3) is 0 Å². The number of aromatic nitrogens is 4. The number of aryl methyl sites for hydroxylation is 4. The minimum atomic E-state index is 0.463. The Hall–Kier alpha value is -2.90.